The van der Waals surface area contributed by atoms with Crippen LogP contribution in [0.25, 0.3) is 0 Å². The van der Waals surface area contributed by atoms with Gasteiger partial charge in [-0.05, 0) is 19.8 Å². The van der Waals surface area contributed by atoms with E-state index in [2.05, 4.69) is 15.5 Å². The Labute approximate surface area is 95.8 Å². The van der Waals surface area contributed by atoms with E-state index in [0.29, 0.717) is 18.8 Å². The third-order valence-corrected chi connectivity index (χ3v) is 3.03. The molecular formula is C11H20N4O. The standard InChI is InChI=1S/C11H20N4O/c1-4-8-6-9(15-14-8)13-10(16)11(3,5-2)7-12/h6H,4-5,7,12H2,1-3H3,(H2,13,14,15,16). The number of H-pyrrole nitrogens is 1. The molecule has 0 aromatic carbocycles. The number of hydrogen-bond acceptors (Lipinski definition) is 3. The first-order valence-electron chi connectivity index (χ1n) is 5.61. The zero-order valence-electron chi connectivity index (χ0n) is 10.1. The lowest BCUT2D eigenvalue weighted by Gasteiger charge is -2.24. The number of amides is 1. The lowest BCUT2D eigenvalue weighted by Crippen LogP contribution is -2.39. The van der Waals surface area contributed by atoms with Crippen molar-refractivity contribution in [2.45, 2.75) is 33.6 Å². The van der Waals surface area contributed by atoms with Gasteiger partial charge in [-0.2, -0.15) is 5.10 Å². The molecule has 4 N–H and O–H groups in total. The molecule has 1 aromatic rings. The van der Waals surface area contributed by atoms with Gasteiger partial charge in [-0.3, -0.25) is 9.89 Å². The van der Waals surface area contributed by atoms with Crippen LogP contribution < -0.4 is 11.1 Å². The molecule has 16 heavy (non-hydrogen) atoms. The first-order valence-corrected chi connectivity index (χ1v) is 5.61. The SMILES string of the molecule is CCc1cc(NC(=O)C(C)(CC)CN)n[nH]1. The Morgan fingerprint density at radius 2 is 2.31 bits per heavy atom. The van der Waals surface area contributed by atoms with Gasteiger partial charge in [0.15, 0.2) is 5.82 Å². The fourth-order valence-electron chi connectivity index (χ4n) is 1.27. The minimum atomic E-state index is -0.522. The average molecular weight is 224 g/mol. The molecule has 0 fully saturated rings. The Balaban J connectivity index is 2.70. The number of hydrogen-bond donors (Lipinski definition) is 3. The van der Waals surface area contributed by atoms with Gasteiger partial charge in [-0.15, -0.1) is 0 Å². The molecule has 5 nitrogen and oxygen atoms in total. The van der Waals surface area contributed by atoms with E-state index in [4.69, 9.17) is 5.73 Å². The maximum absolute atomic E-state index is 11.9. The minimum absolute atomic E-state index is 0.0772. The van der Waals surface area contributed by atoms with Crippen molar-refractivity contribution in [2.24, 2.45) is 11.1 Å². The maximum Gasteiger partial charge on any atom is 0.232 e. The van der Waals surface area contributed by atoms with Gasteiger partial charge < -0.3 is 11.1 Å². The van der Waals surface area contributed by atoms with Crippen LogP contribution in [0.1, 0.15) is 32.9 Å². The number of aromatic nitrogens is 2. The van der Waals surface area contributed by atoms with Gasteiger partial charge in [0.1, 0.15) is 0 Å². The molecule has 1 atom stereocenters. The molecule has 1 heterocycles. The molecule has 0 saturated carbocycles. The number of nitrogens with one attached hydrogen (secondary N) is 2. The van der Waals surface area contributed by atoms with E-state index in [1.165, 1.54) is 0 Å². The van der Waals surface area contributed by atoms with Crippen molar-refractivity contribution in [3.8, 4) is 0 Å². The summed E-state index contributed by atoms with van der Waals surface area (Å²) in [5.74, 6) is 0.488. The maximum atomic E-state index is 11.9. The second-order valence-electron chi connectivity index (χ2n) is 4.20. The van der Waals surface area contributed by atoms with Crippen LogP contribution >= 0.6 is 0 Å². The van der Waals surface area contributed by atoms with Crippen LogP contribution in [0, 0.1) is 5.41 Å². The summed E-state index contributed by atoms with van der Waals surface area (Å²) in [6.07, 6.45) is 1.57. The number of aromatic amines is 1. The van der Waals surface area contributed by atoms with Crippen molar-refractivity contribution >= 4 is 11.7 Å². The summed E-state index contributed by atoms with van der Waals surface area (Å²) in [5.41, 5.74) is 6.09. The van der Waals surface area contributed by atoms with Crippen molar-refractivity contribution in [1.82, 2.24) is 10.2 Å². The van der Waals surface area contributed by atoms with Crippen LogP contribution in [0.4, 0.5) is 5.82 Å². The summed E-state index contributed by atoms with van der Waals surface area (Å²) < 4.78 is 0. The molecule has 1 amide bonds. The van der Waals surface area contributed by atoms with E-state index in [1.807, 2.05) is 26.8 Å². The number of carbonyl (C=O) groups is 1. The highest BCUT2D eigenvalue weighted by atomic mass is 16.2. The Morgan fingerprint density at radius 3 is 2.75 bits per heavy atom. The molecule has 5 heteroatoms. The van der Waals surface area contributed by atoms with Gasteiger partial charge in [0.05, 0.1) is 5.41 Å². The molecule has 0 bridgehead atoms. The number of nitrogens with zero attached hydrogens (tertiary/aromatic N) is 1. The van der Waals surface area contributed by atoms with E-state index < -0.39 is 5.41 Å². The highest BCUT2D eigenvalue weighted by molar-refractivity contribution is 5.94. The molecule has 0 aliphatic rings. The third kappa shape index (κ3) is 2.61. The van der Waals surface area contributed by atoms with Crippen LogP contribution in [0.3, 0.4) is 0 Å². The van der Waals surface area contributed by atoms with Crippen molar-refractivity contribution in [2.75, 3.05) is 11.9 Å². The summed E-state index contributed by atoms with van der Waals surface area (Å²) in [7, 11) is 0. The predicted molar refractivity (Wildman–Crippen MR) is 64.0 cm³/mol. The molecule has 1 aromatic heterocycles. The smallest absolute Gasteiger partial charge is 0.232 e. The molecule has 1 unspecified atom stereocenters. The monoisotopic (exact) mass is 224 g/mol. The molecule has 1 rings (SSSR count). The van der Waals surface area contributed by atoms with Gasteiger partial charge in [0, 0.05) is 18.3 Å². The third-order valence-electron chi connectivity index (χ3n) is 3.03. The lowest BCUT2D eigenvalue weighted by molar-refractivity contribution is -0.124. The summed E-state index contributed by atoms with van der Waals surface area (Å²) in [6.45, 7) is 6.17. The molecule has 0 saturated heterocycles. The van der Waals surface area contributed by atoms with Crippen LogP contribution in [0.15, 0.2) is 6.07 Å². The number of anilines is 1. The minimum Gasteiger partial charge on any atom is -0.329 e. The van der Waals surface area contributed by atoms with E-state index in [0.717, 1.165) is 12.1 Å². The fraction of sp³-hybridized carbons (Fsp3) is 0.636. The average Bonchev–Trinajstić information content (AvgIpc) is 2.75. The largest absolute Gasteiger partial charge is 0.329 e. The zero-order chi connectivity index (χ0) is 12.2. The number of nitrogens with two attached hydrogens (primary N) is 1. The van der Waals surface area contributed by atoms with Gasteiger partial charge in [0.2, 0.25) is 5.91 Å². The van der Waals surface area contributed by atoms with Crippen molar-refractivity contribution in [1.29, 1.82) is 0 Å². The molecule has 0 radical (unpaired) electrons. The number of carbonyl (C=O) groups excluding carboxylic acids is 1. The predicted octanol–water partition coefficient (Wildman–Crippen LogP) is 1.29. The van der Waals surface area contributed by atoms with Crippen LogP contribution in [0.5, 0.6) is 0 Å². The zero-order valence-corrected chi connectivity index (χ0v) is 10.1. The van der Waals surface area contributed by atoms with Crippen LogP contribution in [-0.2, 0) is 11.2 Å². The van der Waals surface area contributed by atoms with Gasteiger partial charge in [-0.25, -0.2) is 0 Å². The quantitative estimate of drug-likeness (QED) is 0.704. The topological polar surface area (TPSA) is 83.8 Å². The summed E-state index contributed by atoms with van der Waals surface area (Å²) >= 11 is 0. The first-order chi connectivity index (χ1) is 7.55. The first kappa shape index (κ1) is 12.7. The Morgan fingerprint density at radius 1 is 1.62 bits per heavy atom. The molecule has 0 aliphatic heterocycles. The lowest BCUT2D eigenvalue weighted by atomic mass is 9.87. The molecule has 0 spiro atoms. The number of aryl methyl sites for hydroxylation is 1. The van der Waals surface area contributed by atoms with Crippen LogP contribution in [0.2, 0.25) is 0 Å². The Hall–Kier alpha value is -1.36. The van der Waals surface area contributed by atoms with E-state index in [9.17, 15) is 4.79 Å². The van der Waals surface area contributed by atoms with E-state index in [1.54, 1.807) is 0 Å². The highest BCUT2D eigenvalue weighted by Gasteiger charge is 2.29. The molecule has 0 aliphatic carbocycles. The fourth-order valence-corrected chi connectivity index (χ4v) is 1.27. The van der Waals surface area contributed by atoms with Crippen LogP contribution in [-0.4, -0.2) is 22.6 Å². The van der Waals surface area contributed by atoms with Crippen molar-refractivity contribution in [3.05, 3.63) is 11.8 Å². The second kappa shape index (κ2) is 5.12. The normalized spacial score (nSPS) is 14.5. The summed E-state index contributed by atoms with van der Waals surface area (Å²) in [5, 5.41) is 9.64. The Bertz CT molecular complexity index is 355. The number of rotatable bonds is 5. The summed E-state index contributed by atoms with van der Waals surface area (Å²) in [4.78, 5) is 11.9. The highest BCUT2D eigenvalue weighted by Crippen LogP contribution is 2.21. The van der Waals surface area contributed by atoms with Gasteiger partial charge in [0.25, 0.3) is 0 Å². The van der Waals surface area contributed by atoms with Gasteiger partial charge in [-0.1, -0.05) is 13.8 Å². The van der Waals surface area contributed by atoms with E-state index in [-0.39, 0.29) is 5.91 Å². The molecular weight excluding hydrogens is 204 g/mol. The van der Waals surface area contributed by atoms with Gasteiger partial charge >= 0.3 is 0 Å². The Kier molecular flexibility index (Phi) is 4.06. The summed E-state index contributed by atoms with van der Waals surface area (Å²) in [6, 6.07) is 1.84. The molecule has 90 valence electrons. The van der Waals surface area contributed by atoms with E-state index >= 15 is 0 Å². The second-order valence-corrected chi connectivity index (χ2v) is 4.20. The van der Waals surface area contributed by atoms with Crippen molar-refractivity contribution < 1.29 is 4.79 Å². The van der Waals surface area contributed by atoms with Crippen molar-refractivity contribution in [3.63, 3.8) is 0 Å².